The zero-order chi connectivity index (χ0) is 25.3. The predicted octanol–water partition coefficient (Wildman–Crippen LogP) is 5.22. The number of amides is 3. The van der Waals surface area contributed by atoms with Crippen molar-refractivity contribution in [1.29, 1.82) is 0 Å². The lowest BCUT2D eigenvalue weighted by Crippen LogP contribution is -2.69. The number of carbonyl (C=O) groups excluding carboxylic acids is 2. The van der Waals surface area contributed by atoms with Gasteiger partial charge in [0, 0.05) is 24.5 Å². The molecule has 0 aromatic heterocycles. The van der Waals surface area contributed by atoms with Gasteiger partial charge in [0.1, 0.15) is 12.0 Å². The highest BCUT2D eigenvalue weighted by Crippen LogP contribution is 2.35. The van der Waals surface area contributed by atoms with Gasteiger partial charge in [-0.25, -0.2) is 9.18 Å². The highest BCUT2D eigenvalue weighted by molar-refractivity contribution is 5.97. The fourth-order valence-corrected chi connectivity index (χ4v) is 4.83. The molecule has 2 aliphatic rings. The van der Waals surface area contributed by atoms with Crippen molar-refractivity contribution >= 4 is 23.3 Å². The molecule has 4 unspecified atom stereocenters. The molecule has 1 heterocycles. The van der Waals surface area contributed by atoms with Crippen LogP contribution in [0.15, 0.2) is 48.5 Å². The van der Waals surface area contributed by atoms with Crippen LogP contribution in [0.25, 0.3) is 0 Å². The Labute approximate surface area is 201 Å². The van der Waals surface area contributed by atoms with Gasteiger partial charge in [0.15, 0.2) is 0 Å². The Morgan fingerprint density at radius 1 is 1.09 bits per heavy atom. The number of halogens is 4. The van der Waals surface area contributed by atoms with Crippen LogP contribution in [-0.4, -0.2) is 42.1 Å². The number of benzene rings is 2. The molecule has 0 spiro atoms. The van der Waals surface area contributed by atoms with Crippen molar-refractivity contribution in [3.05, 3.63) is 59.9 Å². The summed E-state index contributed by atoms with van der Waals surface area (Å²) in [5.74, 6) is -0.670. The van der Waals surface area contributed by atoms with E-state index < -0.39 is 35.8 Å². The molecule has 4 atom stereocenters. The third-order valence-corrected chi connectivity index (χ3v) is 6.94. The third kappa shape index (κ3) is 5.27. The van der Waals surface area contributed by atoms with Gasteiger partial charge in [-0.15, -0.1) is 0 Å². The molecule has 6 nitrogen and oxygen atoms in total. The van der Waals surface area contributed by atoms with Crippen LogP contribution in [0, 0.1) is 11.7 Å². The van der Waals surface area contributed by atoms with Crippen molar-refractivity contribution in [2.24, 2.45) is 5.92 Å². The van der Waals surface area contributed by atoms with E-state index in [0.717, 1.165) is 37.8 Å². The van der Waals surface area contributed by atoms with Gasteiger partial charge >= 0.3 is 12.2 Å². The summed E-state index contributed by atoms with van der Waals surface area (Å²) in [4.78, 5) is 29.5. The summed E-state index contributed by atoms with van der Waals surface area (Å²) >= 11 is 0. The van der Waals surface area contributed by atoms with Crippen molar-refractivity contribution in [1.82, 2.24) is 10.2 Å². The van der Waals surface area contributed by atoms with E-state index in [1.165, 1.54) is 29.2 Å². The maximum absolute atomic E-state index is 13.6. The van der Waals surface area contributed by atoms with Crippen molar-refractivity contribution in [2.75, 3.05) is 17.3 Å². The molecule has 0 bridgehead atoms. The van der Waals surface area contributed by atoms with Gasteiger partial charge in [-0.1, -0.05) is 12.8 Å². The summed E-state index contributed by atoms with van der Waals surface area (Å²) in [7, 11) is 1.56. The van der Waals surface area contributed by atoms with Crippen LogP contribution >= 0.6 is 0 Å². The fraction of sp³-hybridized carbons (Fsp3) is 0.440. The first kappa shape index (κ1) is 25.0. The molecule has 1 saturated heterocycles. The lowest BCUT2D eigenvalue weighted by molar-refractivity contribution is -0.137. The topological polar surface area (TPSA) is 64.7 Å². The van der Waals surface area contributed by atoms with E-state index in [1.54, 1.807) is 31.0 Å². The Bertz CT molecular complexity index is 1060. The SMILES string of the molecule is CC(C1NC2CCCCC2C(=O)N1c1ccc(F)cc1)N(C)C(=O)Nc1ccc(C(F)(F)F)cc1. The summed E-state index contributed by atoms with van der Waals surface area (Å²) in [5, 5.41) is 6.15. The molecule has 2 aromatic carbocycles. The molecule has 10 heteroatoms. The van der Waals surface area contributed by atoms with Gasteiger partial charge in [-0.05, 0) is 68.3 Å². The number of fused-ring (bicyclic) bond motifs is 1. The number of hydrogen-bond acceptors (Lipinski definition) is 3. The van der Waals surface area contributed by atoms with Crippen molar-refractivity contribution < 1.29 is 27.2 Å². The predicted molar refractivity (Wildman–Crippen MR) is 124 cm³/mol. The number of alkyl halides is 3. The zero-order valence-electron chi connectivity index (χ0n) is 19.5. The average molecular weight is 493 g/mol. The van der Waals surface area contributed by atoms with Gasteiger partial charge in [0.2, 0.25) is 5.91 Å². The molecule has 4 rings (SSSR count). The second kappa shape index (κ2) is 9.85. The van der Waals surface area contributed by atoms with E-state index in [1.807, 2.05) is 0 Å². The molecule has 3 amide bonds. The van der Waals surface area contributed by atoms with Crippen molar-refractivity contribution in [2.45, 2.75) is 57.0 Å². The summed E-state index contributed by atoms with van der Waals surface area (Å²) < 4.78 is 52.0. The van der Waals surface area contributed by atoms with Crippen LogP contribution in [0.1, 0.15) is 38.2 Å². The molecule has 2 fully saturated rings. The molecule has 188 valence electrons. The van der Waals surface area contributed by atoms with Crippen LogP contribution in [0.3, 0.4) is 0 Å². The van der Waals surface area contributed by atoms with E-state index in [-0.39, 0.29) is 23.6 Å². The van der Waals surface area contributed by atoms with E-state index in [2.05, 4.69) is 10.6 Å². The summed E-state index contributed by atoms with van der Waals surface area (Å²) in [6, 6.07) is 8.79. The van der Waals surface area contributed by atoms with Crippen LogP contribution in [0.5, 0.6) is 0 Å². The van der Waals surface area contributed by atoms with Gasteiger partial charge in [-0.2, -0.15) is 13.2 Å². The Kier molecular flexibility index (Phi) is 7.02. The molecule has 35 heavy (non-hydrogen) atoms. The first-order chi connectivity index (χ1) is 16.6. The first-order valence-electron chi connectivity index (χ1n) is 11.6. The Balaban J connectivity index is 1.54. The van der Waals surface area contributed by atoms with Crippen LogP contribution < -0.4 is 15.5 Å². The van der Waals surface area contributed by atoms with Gasteiger partial charge in [-0.3, -0.25) is 15.0 Å². The maximum atomic E-state index is 13.6. The number of anilines is 2. The molecular weight excluding hydrogens is 464 g/mol. The molecule has 0 radical (unpaired) electrons. The normalized spacial score (nSPS) is 23.4. The minimum absolute atomic E-state index is 0.0215. The number of nitrogens with one attached hydrogen (secondary N) is 2. The largest absolute Gasteiger partial charge is 0.416 e. The van der Waals surface area contributed by atoms with Crippen molar-refractivity contribution in [3.63, 3.8) is 0 Å². The molecular formula is C25H28F4N4O2. The lowest BCUT2D eigenvalue weighted by atomic mass is 9.81. The number of carbonyl (C=O) groups is 2. The van der Waals surface area contributed by atoms with E-state index in [4.69, 9.17) is 0 Å². The Morgan fingerprint density at radius 3 is 2.34 bits per heavy atom. The summed E-state index contributed by atoms with van der Waals surface area (Å²) in [6.45, 7) is 1.79. The second-order valence-corrected chi connectivity index (χ2v) is 9.15. The maximum Gasteiger partial charge on any atom is 0.416 e. The molecule has 1 saturated carbocycles. The Hall–Kier alpha value is -3.14. The monoisotopic (exact) mass is 492 g/mol. The van der Waals surface area contributed by atoms with Crippen LogP contribution in [0.2, 0.25) is 0 Å². The third-order valence-electron chi connectivity index (χ3n) is 6.94. The van der Waals surface area contributed by atoms with Gasteiger partial charge < -0.3 is 10.2 Å². The summed E-state index contributed by atoms with van der Waals surface area (Å²) in [5.41, 5.74) is -0.0575. The van der Waals surface area contributed by atoms with Crippen LogP contribution in [-0.2, 0) is 11.0 Å². The average Bonchev–Trinajstić information content (AvgIpc) is 2.83. The number of rotatable bonds is 4. The number of nitrogens with zero attached hydrogens (tertiary/aromatic N) is 2. The smallest absolute Gasteiger partial charge is 0.321 e. The quantitative estimate of drug-likeness (QED) is 0.576. The summed E-state index contributed by atoms with van der Waals surface area (Å²) in [6.07, 6.45) is -1.47. The van der Waals surface area contributed by atoms with E-state index in [9.17, 15) is 27.2 Å². The molecule has 2 aromatic rings. The molecule has 1 aliphatic carbocycles. The molecule has 2 N–H and O–H groups in total. The number of hydrogen-bond donors (Lipinski definition) is 2. The minimum atomic E-state index is -4.46. The number of urea groups is 1. The highest BCUT2D eigenvalue weighted by atomic mass is 19.4. The van der Waals surface area contributed by atoms with Gasteiger partial charge in [0.25, 0.3) is 0 Å². The number of likely N-dealkylation sites (N-methyl/N-ethyl adjacent to an activating group) is 1. The minimum Gasteiger partial charge on any atom is -0.321 e. The molecule has 1 aliphatic heterocycles. The zero-order valence-corrected chi connectivity index (χ0v) is 19.5. The Morgan fingerprint density at radius 2 is 1.71 bits per heavy atom. The standard InChI is InChI=1S/C25H28F4N4O2/c1-15(32(2)24(35)30-18-11-7-16(8-12-18)25(27,28)29)22-31-21-6-4-3-5-20(21)23(34)33(22)19-13-9-17(26)10-14-19/h7-15,20-22,31H,3-6H2,1-2H3,(H,30,35). The van der Waals surface area contributed by atoms with Crippen molar-refractivity contribution in [3.8, 4) is 0 Å². The highest BCUT2D eigenvalue weighted by Gasteiger charge is 2.45. The van der Waals surface area contributed by atoms with E-state index in [0.29, 0.717) is 5.69 Å². The van der Waals surface area contributed by atoms with E-state index >= 15 is 0 Å². The first-order valence-corrected chi connectivity index (χ1v) is 11.6. The lowest BCUT2D eigenvalue weighted by Gasteiger charge is -2.49. The fourth-order valence-electron chi connectivity index (χ4n) is 4.83. The van der Waals surface area contributed by atoms with Crippen LogP contribution in [0.4, 0.5) is 33.7 Å². The second-order valence-electron chi connectivity index (χ2n) is 9.15. The van der Waals surface area contributed by atoms with Gasteiger partial charge in [0.05, 0.1) is 17.5 Å².